The third-order valence-electron chi connectivity index (χ3n) is 7.57. The van der Waals surface area contributed by atoms with Gasteiger partial charge in [0.25, 0.3) is 0 Å². The van der Waals surface area contributed by atoms with Crippen LogP contribution in [-0.2, 0) is 0 Å². The number of nitrogens with two attached hydrogens (primary N) is 1. The van der Waals surface area contributed by atoms with Crippen LogP contribution in [0.15, 0.2) is 48.8 Å². The van der Waals surface area contributed by atoms with Gasteiger partial charge in [0, 0.05) is 36.8 Å². The van der Waals surface area contributed by atoms with Crippen LogP contribution in [0.2, 0.25) is 5.02 Å². The number of nitrogens with zero attached hydrogens (tertiary/aromatic N) is 4. The molecule has 0 spiro atoms. The summed E-state index contributed by atoms with van der Waals surface area (Å²) >= 11 is 6.02. The second kappa shape index (κ2) is 10.4. The van der Waals surface area contributed by atoms with Gasteiger partial charge in [0.1, 0.15) is 11.3 Å². The maximum atomic E-state index is 14.3. The van der Waals surface area contributed by atoms with Crippen LogP contribution in [0, 0.1) is 11.7 Å². The Morgan fingerprint density at radius 2 is 1.95 bits per heavy atom. The summed E-state index contributed by atoms with van der Waals surface area (Å²) in [6.45, 7) is 1.68. The van der Waals surface area contributed by atoms with Gasteiger partial charge in [0.15, 0.2) is 17.3 Å². The second-order valence-electron chi connectivity index (χ2n) is 10.3. The second-order valence-corrected chi connectivity index (χ2v) is 10.7. The van der Waals surface area contributed by atoms with Gasteiger partial charge in [-0.1, -0.05) is 18.0 Å². The van der Waals surface area contributed by atoms with Gasteiger partial charge in [-0.15, -0.1) is 0 Å². The van der Waals surface area contributed by atoms with E-state index in [9.17, 15) is 14.3 Å². The lowest BCUT2D eigenvalue weighted by atomic mass is 9.80. The topological polar surface area (TPSA) is 117 Å². The minimum absolute atomic E-state index is 0.0240. The number of ketones is 1. The number of phenolic OH excluding ortho intramolecular Hbond substituents is 1. The number of halogens is 2. The van der Waals surface area contributed by atoms with Gasteiger partial charge in [-0.25, -0.2) is 14.4 Å². The molecule has 0 radical (unpaired) electrons. The summed E-state index contributed by atoms with van der Waals surface area (Å²) in [6.07, 6.45) is 8.11. The van der Waals surface area contributed by atoms with Crippen LogP contribution >= 0.6 is 11.6 Å². The number of anilines is 3. The molecule has 8 nitrogen and oxygen atoms in total. The van der Waals surface area contributed by atoms with Crippen molar-refractivity contribution < 1.29 is 14.3 Å². The molecule has 10 heteroatoms. The zero-order valence-corrected chi connectivity index (χ0v) is 22.0. The Labute approximate surface area is 230 Å². The molecule has 1 aliphatic heterocycles. The number of nitrogens with one attached hydrogen (secondary N) is 1. The van der Waals surface area contributed by atoms with Crippen molar-refractivity contribution in [3.63, 3.8) is 0 Å². The lowest BCUT2D eigenvalue weighted by Gasteiger charge is -2.31. The van der Waals surface area contributed by atoms with E-state index in [2.05, 4.69) is 20.2 Å². The minimum atomic E-state index is -0.842. The largest absolute Gasteiger partial charge is 0.504 e. The normalized spacial score (nSPS) is 17.7. The molecule has 4 N–H and O–H groups in total. The Hall–Kier alpha value is -3.82. The number of carbonyl (C=O) groups is 1. The Kier molecular flexibility index (Phi) is 6.78. The van der Waals surface area contributed by atoms with Gasteiger partial charge in [0.2, 0.25) is 0 Å². The Balaban J connectivity index is 1.41. The number of pyridine rings is 3. The van der Waals surface area contributed by atoms with Crippen LogP contribution in [0.5, 0.6) is 5.75 Å². The van der Waals surface area contributed by atoms with E-state index in [1.54, 1.807) is 24.5 Å². The van der Waals surface area contributed by atoms with Crippen LogP contribution < -0.4 is 16.0 Å². The molecular weight excluding hydrogens is 519 g/mol. The number of aromatic nitrogens is 3. The van der Waals surface area contributed by atoms with E-state index < -0.39 is 11.6 Å². The average Bonchev–Trinajstić information content (AvgIpc) is 2.90. The van der Waals surface area contributed by atoms with E-state index in [1.165, 1.54) is 12.1 Å². The summed E-state index contributed by atoms with van der Waals surface area (Å²) in [5.41, 5.74) is 9.68. The van der Waals surface area contributed by atoms with Crippen LogP contribution in [0.1, 0.15) is 42.5 Å². The van der Waals surface area contributed by atoms with E-state index in [0.717, 1.165) is 51.0 Å². The summed E-state index contributed by atoms with van der Waals surface area (Å²) < 4.78 is 14.3. The van der Waals surface area contributed by atoms with Crippen molar-refractivity contribution in [1.82, 2.24) is 15.0 Å². The molecule has 2 fully saturated rings. The number of rotatable bonds is 6. The molecular formula is C29H28ClFN6O2. The van der Waals surface area contributed by atoms with E-state index >= 15 is 0 Å². The first-order chi connectivity index (χ1) is 18.9. The first-order valence-corrected chi connectivity index (χ1v) is 13.5. The van der Waals surface area contributed by atoms with E-state index in [4.69, 9.17) is 22.3 Å². The van der Waals surface area contributed by atoms with Crippen molar-refractivity contribution in [2.24, 2.45) is 11.7 Å². The summed E-state index contributed by atoms with van der Waals surface area (Å²) in [7, 11) is 0. The summed E-state index contributed by atoms with van der Waals surface area (Å²) in [6, 6.07) is 10.1. The van der Waals surface area contributed by atoms with Crippen molar-refractivity contribution in [1.29, 1.82) is 0 Å². The summed E-state index contributed by atoms with van der Waals surface area (Å²) in [5, 5.41) is 13.0. The minimum Gasteiger partial charge on any atom is -0.504 e. The third-order valence-corrected chi connectivity index (χ3v) is 7.85. The SMILES string of the molecule is N[C@H]1CCCN(c2ccc(Nc3c(C(=O)C4CCC4)cnc4ccc(-c5cc(F)c(O)c(Cl)c5)nc34)cn2)C1. The monoisotopic (exact) mass is 546 g/mol. The number of phenols is 1. The van der Waals surface area contributed by atoms with Crippen molar-refractivity contribution in [2.45, 2.75) is 38.1 Å². The highest BCUT2D eigenvalue weighted by molar-refractivity contribution is 6.32. The molecule has 0 unspecified atom stereocenters. The summed E-state index contributed by atoms with van der Waals surface area (Å²) in [5.74, 6) is -0.614. The molecule has 1 saturated heterocycles. The van der Waals surface area contributed by atoms with Crippen LogP contribution in [0.3, 0.4) is 0 Å². The highest BCUT2D eigenvalue weighted by Crippen LogP contribution is 2.37. The molecule has 1 aliphatic carbocycles. The number of carbonyl (C=O) groups excluding carboxylic acids is 1. The third kappa shape index (κ3) is 4.99. The van der Waals surface area contributed by atoms with Gasteiger partial charge in [-0.05, 0) is 62.1 Å². The van der Waals surface area contributed by atoms with E-state index in [1.807, 2.05) is 12.1 Å². The van der Waals surface area contributed by atoms with Gasteiger partial charge >= 0.3 is 0 Å². The van der Waals surface area contributed by atoms with Crippen molar-refractivity contribution in [3.8, 4) is 17.0 Å². The highest BCUT2D eigenvalue weighted by atomic mass is 35.5. The van der Waals surface area contributed by atoms with Crippen molar-refractivity contribution in [3.05, 3.63) is 65.2 Å². The van der Waals surface area contributed by atoms with Gasteiger partial charge < -0.3 is 21.1 Å². The Bertz CT molecular complexity index is 1540. The van der Waals surface area contributed by atoms with Gasteiger partial charge in [-0.2, -0.15) is 0 Å². The van der Waals surface area contributed by atoms with Crippen molar-refractivity contribution in [2.75, 3.05) is 23.3 Å². The molecule has 2 aliphatic rings. The number of hydrogen-bond acceptors (Lipinski definition) is 8. The highest BCUT2D eigenvalue weighted by Gasteiger charge is 2.29. The molecule has 4 aromatic rings. The first-order valence-electron chi connectivity index (χ1n) is 13.1. The predicted molar refractivity (Wildman–Crippen MR) is 150 cm³/mol. The number of Topliss-reactive ketones (excluding diaryl/α,β-unsaturated/α-hetero) is 1. The molecule has 0 bridgehead atoms. The lowest BCUT2D eigenvalue weighted by Crippen LogP contribution is -2.43. The van der Waals surface area contributed by atoms with Gasteiger partial charge in [0.05, 0.1) is 39.4 Å². The fourth-order valence-electron chi connectivity index (χ4n) is 5.15. The first kappa shape index (κ1) is 25.5. The fraction of sp³-hybridized carbons (Fsp3) is 0.310. The number of aromatic hydroxyl groups is 1. The molecule has 4 heterocycles. The number of piperidine rings is 1. The summed E-state index contributed by atoms with van der Waals surface area (Å²) in [4.78, 5) is 29.5. The molecule has 1 atom stereocenters. The van der Waals surface area contributed by atoms with Crippen LogP contribution in [0.4, 0.5) is 21.6 Å². The Morgan fingerprint density at radius 3 is 2.64 bits per heavy atom. The zero-order valence-electron chi connectivity index (χ0n) is 21.2. The predicted octanol–water partition coefficient (Wildman–Crippen LogP) is 5.84. The average molecular weight is 547 g/mol. The van der Waals surface area contributed by atoms with Crippen LogP contribution in [-0.4, -0.2) is 45.0 Å². The van der Waals surface area contributed by atoms with Crippen molar-refractivity contribution >= 4 is 45.6 Å². The lowest BCUT2D eigenvalue weighted by molar-refractivity contribution is 0.0856. The van der Waals surface area contributed by atoms with Crippen LogP contribution in [0.25, 0.3) is 22.3 Å². The van der Waals surface area contributed by atoms with E-state index in [0.29, 0.717) is 39.2 Å². The maximum Gasteiger partial charge on any atom is 0.170 e. The Morgan fingerprint density at radius 1 is 1.10 bits per heavy atom. The fourth-order valence-corrected chi connectivity index (χ4v) is 5.36. The molecule has 1 aromatic carbocycles. The number of fused-ring (bicyclic) bond motifs is 1. The zero-order chi connectivity index (χ0) is 27.1. The molecule has 39 heavy (non-hydrogen) atoms. The van der Waals surface area contributed by atoms with E-state index in [-0.39, 0.29) is 22.8 Å². The number of benzene rings is 1. The molecule has 1 saturated carbocycles. The molecule has 6 rings (SSSR count). The molecule has 200 valence electrons. The quantitative estimate of drug-likeness (QED) is 0.258. The molecule has 0 amide bonds. The maximum absolute atomic E-state index is 14.3. The number of hydrogen-bond donors (Lipinski definition) is 3. The molecule has 3 aromatic heterocycles. The smallest absolute Gasteiger partial charge is 0.170 e. The standard InChI is InChI=1S/C29H28ClFN6O2/c30-21-11-17(12-22(31)29(21)39)23-7-8-24-27(36-23)26(20(14-33-24)28(38)16-3-1-4-16)35-19-6-9-25(34-13-19)37-10-2-5-18(32)15-37/h6-9,11-14,16,18,39H,1-5,10,15,32H2,(H,33,35)/t18-/m0/s1. The van der Waals surface area contributed by atoms with Gasteiger partial charge in [-0.3, -0.25) is 9.78 Å².